The summed E-state index contributed by atoms with van der Waals surface area (Å²) in [5.41, 5.74) is 0. The third kappa shape index (κ3) is 1.48. The third-order valence-corrected chi connectivity index (χ3v) is 1.62. The highest BCUT2D eigenvalue weighted by Gasteiger charge is 2.11. The number of rotatable bonds is 1. The molecule has 0 heterocycles. The van der Waals surface area contributed by atoms with Crippen molar-refractivity contribution < 1.29 is 4.74 Å². The van der Waals surface area contributed by atoms with Gasteiger partial charge in [-0.05, 0) is 32.1 Å². The van der Waals surface area contributed by atoms with E-state index in [1.807, 2.05) is 0 Å². The van der Waals surface area contributed by atoms with Crippen LogP contribution in [0.25, 0.3) is 0 Å². The Morgan fingerprint density at radius 2 is 2.00 bits per heavy atom. The van der Waals surface area contributed by atoms with Crippen molar-refractivity contribution in [1.82, 2.24) is 0 Å². The van der Waals surface area contributed by atoms with Crippen molar-refractivity contribution >= 4 is 0 Å². The van der Waals surface area contributed by atoms with Gasteiger partial charge in [-0.3, -0.25) is 0 Å². The molecule has 0 aliphatic heterocycles. The molecule has 46 valence electrons. The van der Waals surface area contributed by atoms with E-state index in [-0.39, 0.29) is 0 Å². The molecule has 1 heteroatoms. The Morgan fingerprint density at radius 3 is 2.38 bits per heavy atom. The van der Waals surface area contributed by atoms with E-state index in [1.54, 1.807) is 7.11 Å². The van der Waals surface area contributed by atoms with E-state index in [9.17, 15) is 0 Å². The topological polar surface area (TPSA) is 9.23 Å². The van der Waals surface area contributed by atoms with Gasteiger partial charge in [0.25, 0.3) is 0 Å². The molecule has 0 saturated heterocycles. The molecule has 0 unspecified atom stereocenters. The Balaban J connectivity index is 2.13. The highest BCUT2D eigenvalue weighted by atomic mass is 16.5. The van der Waals surface area contributed by atoms with Gasteiger partial charge in [0.2, 0.25) is 0 Å². The lowest BCUT2D eigenvalue weighted by atomic mass is 9.98. The standard InChI is InChI=1S/C7H12O/c1-8-7-5-3-2-4-6-7/h7H,3-6H2,1H3. The fourth-order valence-corrected chi connectivity index (χ4v) is 1.03. The van der Waals surface area contributed by atoms with Crippen LogP contribution < -0.4 is 0 Å². The predicted octanol–water partition coefficient (Wildman–Crippen LogP) is 1.66. The van der Waals surface area contributed by atoms with E-state index in [0.717, 1.165) is 12.8 Å². The van der Waals surface area contributed by atoms with Gasteiger partial charge < -0.3 is 4.74 Å². The maximum atomic E-state index is 5.15. The van der Waals surface area contributed by atoms with Crippen LogP contribution in [0.2, 0.25) is 0 Å². The molecule has 0 aromatic heterocycles. The van der Waals surface area contributed by atoms with E-state index in [0.29, 0.717) is 6.10 Å². The number of hydrogen-bond acceptors (Lipinski definition) is 1. The van der Waals surface area contributed by atoms with Crippen LogP contribution in [0.3, 0.4) is 0 Å². The highest BCUT2D eigenvalue weighted by Crippen LogP contribution is 2.18. The van der Waals surface area contributed by atoms with Crippen molar-refractivity contribution in [3.63, 3.8) is 0 Å². The molecular formula is C7H12O. The van der Waals surface area contributed by atoms with Crippen molar-refractivity contribution in [2.75, 3.05) is 7.11 Å². The lowest BCUT2D eigenvalue weighted by Crippen LogP contribution is -2.14. The zero-order valence-corrected chi connectivity index (χ0v) is 5.31. The van der Waals surface area contributed by atoms with Gasteiger partial charge in [0.1, 0.15) is 0 Å². The van der Waals surface area contributed by atoms with E-state index in [2.05, 4.69) is 6.42 Å². The van der Waals surface area contributed by atoms with Crippen molar-refractivity contribution in [2.45, 2.75) is 31.8 Å². The minimum Gasteiger partial charge on any atom is -0.381 e. The van der Waals surface area contributed by atoms with Crippen LogP contribution in [0.5, 0.6) is 0 Å². The van der Waals surface area contributed by atoms with Crippen LogP contribution >= 0.6 is 0 Å². The smallest absolute Gasteiger partial charge is 0.0571 e. The summed E-state index contributed by atoms with van der Waals surface area (Å²) >= 11 is 0. The molecule has 8 heavy (non-hydrogen) atoms. The largest absolute Gasteiger partial charge is 0.381 e. The van der Waals surface area contributed by atoms with E-state index < -0.39 is 0 Å². The highest BCUT2D eigenvalue weighted by molar-refractivity contribution is 4.76. The fourth-order valence-electron chi connectivity index (χ4n) is 1.03. The van der Waals surface area contributed by atoms with Gasteiger partial charge in [0.05, 0.1) is 6.10 Å². The maximum Gasteiger partial charge on any atom is 0.0571 e. The van der Waals surface area contributed by atoms with Crippen LogP contribution in [0.4, 0.5) is 0 Å². The molecule has 1 rings (SSSR count). The Morgan fingerprint density at radius 1 is 1.38 bits per heavy atom. The van der Waals surface area contributed by atoms with Gasteiger partial charge in [-0.2, -0.15) is 0 Å². The second-order valence-electron chi connectivity index (χ2n) is 2.19. The second kappa shape index (κ2) is 3.08. The monoisotopic (exact) mass is 112 g/mol. The molecule has 1 aliphatic rings. The summed E-state index contributed by atoms with van der Waals surface area (Å²) in [7, 11) is 1.79. The van der Waals surface area contributed by atoms with Crippen molar-refractivity contribution in [3.05, 3.63) is 6.42 Å². The Bertz CT molecular complexity index is 55.4. The second-order valence-corrected chi connectivity index (χ2v) is 2.19. The molecule has 1 fully saturated rings. The number of ether oxygens (including phenoxy) is 1. The lowest BCUT2D eigenvalue weighted by molar-refractivity contribution is 0.0794. The first-order valence-corrected chi connectivity index (χ1v) is 3.17. The predicted molar refractivity (Wildman–Crippen MR) is 32.5 cm³/mol. The summed E-state index contributed by atoms with van der Waals surface area (Å²) in [6.07, 6.45) is 8.39. The SMILES string of the molecule is COC1CC[C]CC1. The Labute approximate surface area is 51.0 Å². The third-order valence-electron chi connectivity index (χ3n) is 1.62. The summed E-state index contributed by atoms with van der Waals surface area (Å²) in [5.74, 6) is 0. The normalized spacial score (nSPS) is 23.6. The van der Waals surface area contributed by atoms with Crippen LogP contribution in [-0.2, 0) is 4.74 Å². The average molecular weight is 112 g/mol. The van der Waals surface area contributed by atoms with Crippen LogP contribution in [0, 0.1) is 6.42 Å². The zero-order chi connectivity index (χ0) is 5.82. The summed E-state index contributed by atoms with van der Waals surface area (Å²) in [6.45, 7) is 0. The van der Waals surface area contributed by atoms with Crippen molar-refractivity contribution in [1.29, 1.82) is 0 Å². The van der Waals surface area contributed by atoms with Gasteiger partial charge >= 0.3 is 0 Å². The summed E-state index contributed by atoms with van der Waals surface area (Å²) in [6, 6.07) is 0. The van der Waals surface area contributed by atoms with Gasteiger partial charge in [-0.15, -0.1) is 0 Å². The summed E-state index contributed by atoms with van der Waals surface area (Å²) < 4.78 is 5.15. The first-order chi connectivity index (χ1) is 3.93. The van der Waals surface area contributed by atoms with Crippen molar-refractivity contribution in [2.24, 2.45) is 0 Å². The average Bonchev–Trinajstić information content (AvgIpc) is 1.90. The quantitative estimate of drug-likeness (QED) is 0.501. The maximum absolute atomic E-state index is 5.15. The first-order valence-electron chi connectivity index (χ1n) is 3.17. The molecule has 0 atom stereocenters. The lowest BCUT2D eigenvalue weighted by Gasteiger charge is -2.18. The van der Waals surface area contributed by atoms with Gasteiger partial charge in [0.15, 0.2) is 0 Å². The minimum atomic E-state index is 0.524. The van der Waals surface area contributed by atoms with Gasteiger partial charge in [0, 0.05) is 7.11 Å². The Kier molecular flexibility index (Phi) is 2.34. The molecule has 0 amide bonds. The van der Waals surface area contributed by atoms with Crippen LogP contribution in [-0.4, -0.2) is 13.2 Å². The molecule has 0 bridgehead atoms. The summed E-state index contributed by atoms with van der Waals surface area (Å²) in [4.78, 5) is 0. The number of methoxy groups -OCH3 is 1. The molecule has 0 aromatic carbocycles. The molecular weight excluding hydrogens is 100 g/mol. The minimum absolute atomic E-state index is 0.524. The van der Waals surface area contributed by atoms with Crippen LogP contribution in [0.15, 0.2) is 0 Å². The molecule has 2 radical (unpaired) electrons. The molecule has 1 saturated carbocycles. The molecule has 1 aliphatic carbocycles. The molecule has 0 N–H and O–H groups in total. The van der Waals surface area contributed by atoms with E-state index in [1.165, 1.54) is 12.8 Å². The Hall–Kier alpha value is -0.0400. The number of hydrogen-bond donors (Lipinski definition) is 0. The van der Waals surface area contributed by atoms with E-state index >= 15 is 0 Å². The van der Waals surface area contributed by atoms with Gasteiger partial charge in [-0.1, -0.05) is 0 Å². The zero-order valence-electron chi connectivity index (χ0n) is 5.31. The molecule has 1 nitrogen and oxygen atoms in total. The van der Waals surface area contributed by atoms with Gasteiger partial charge in [-0.25, -0.2) is 0 Å². The molecule has 0 aromatic rings. The van der Waals surface area contributed by atoms with Crippen molar-refractivity contribution in [3.8, 4) is 0 Å². The van der Waals surface area contributed by atoms with E-state index in [4.69, 9.17) is 4.74 Å². The fraction of sp³-hybridized carbons (Fsp3) is 0.857. The molecule has 0 spiro atoms. The van der Waals surface area contributed by atoms with Crippen LogP contribution in [0.1, 0.15) is 25.7 Å². The summed E-state index contributed by atoms with van der Waals surface area (Å²) in [5, 5.41) is 0. The first kappa shape index (κ1) is 6.09.